The van der Waals surface area contributed by atoms with E-state index in [-0.39, 0.29) is 12.4 Å². The molecule has 1 aliphatic heterocycles. The summed E-state index contributed by atoms with van der Waals surface area (Å²) in [4.78, 5) is 4.86. The van der Waals surface area contributed by atoms with Gasteiger partial charge in [-0.25, -0.2) is 0 Å². The minimum absolute atomic E-state index is 0. The number of halogens is 2. The van der Waals surface area contributed by atoms with Crippen molar-refractivity contribution >= 4 is 35.4 Å². The van der Waals surface area contributed by atoms with Gasteiger partial charge in [0.05, 0.1) is 0 Å². The second kappa shape index (κ2) is 7.73. The fourth-order valence-corrected chi connectivity index (χ4v) is 2.97. The van der Waals surface area contributed by atoms with E-state index in [0.29, 0.717) is 0 Å². The van der Waals surface area contributed by atoms with Crippen molar-refractivity contribution in [2.24, 2.45) is 0 Å². The van der Waals surface area contributed by atoms with Gasteiger partial charge in [-0.2, -0.15) is 0 Å². The zero-order valence-electron chi connectivity index (χ0n) is 12.4. The van der Waals surface area contributed by atoms with E-state index in [1.807, 2.05) is 30.3 Å². The number of nitrogens with two attached hydrogens (primary N) is 1. The maximum Gasteiger partial charge on any atom is 0.0426 e. The van der Waals surface area contributed by atoms with Crippen LogP contribution in [-0.4, -0.2) is 31.1 Å². The van der Waals surface area contributed by atoms with E-state index in [1.54, 1.807) is 0 Å². The number of nitrogen functional groups attached to an aromatic ring is 1. The highest BCUT2D eigenvalue weighted by molar-refractivity contribution is 6.30. The van der Waals surface area contributed by atoms with Crippen LogP contribution in [0.4, 0.5) is 11.4 Å². The molecule has 0 saturated carbocycles. The topological polar surface area (TPSA) is 32.5 Å². The molecule has 3 rings (SSSR count). The highest BCUT2D eigenvalue weighted by Crippen LogP contribution is 2.21. The van der Waals surface area contributed by atoms with Crippen LogP contribution >= 0.6 is 24.0 Å². The van der Waals surface area contributed by atoms with Crippen LogP contribution in [0.15, 0.2) is 48.5 Å². The molecule has 2 aromatic carbocycles. The lowest BCUT2D eigenvalue weighted by Crippen LogP contribution is -2.45. The number of rotatable bonds is 3. The van der Waals surface area contributed by atoms with Crippen molar-refractivity contribution in [3.63, 3.8) is 0 Å². The lowest BCUT2D eigenvalue weighted by Gasteiger charge is -2.36. The Morgan fingerprint density at radius 3 is 2.36 bits per heavy atom. The van der Waals surface area contributed by atoms with Crippen LogP contribution in [0, 0.1) is 0 Å². The van der Waals surface area contributed by atoms with Gasteiger partial charge in [0, 0.05) is 49.1 Å². The highest BCUT2D eigenvalue weighted by Gasteiger charge is 2.17. The van der Waals surface area contributed by atoms with E-state index >= 15 is 0 Å². The Bertz CT molecular complexity index is 610. The molecule has 1 saturated heterocycles. The van der Waals surface area contributed by atoms with Crippen molar-refractivity contribution < 1.29 is 0 Å². The van der Waals surface area contributed by atoms with E-state index in [4.69, 9.17) is 17.3 Å². The molecule has 2 aromatic rings. The average Bonchev–Trinajstić information content (AvgIpc) is 2.48. The summed E-state index contributed by atoms with van der Waals surface area (Å²) in [6, 6.07) is 16.2. The molecule has 118 valence electrons. The van der Waals surface area contributed by atoms with Crippen molar-refractivity contribution in [1.29, 1.82) is 0 Å². The Labute approximate surface area is 143 Å². The quantitative estimate of drug-likeness (QED) is 0.867. The molecule has 0 bridgehead atoms. The molecular weight excluding hydrogens is 317 g/mol. The summed E-state index contributed by atoms with van der Waals surface area (Å²) in [6.07, 6.45) is 0. The summed E-state index contributed by atoms with van der Waals surface area (Å²) in [5.41, 5.74) is 9.17. The number of nitrogens with zero attached hydrogens (tertiary/aromatic N) is 2. The predicted octanol–water partition coefficient (Wildman–Crippen LogP) is 3.67. The summed E-state index contributed by atoms with van der Waals surface area (Å²) in [5, 5.41) is 0.801. The molecule has 1 heterocycles. The van der Waals surface area contributed by atoms with Crippen molar-refractivity contribution in [2.45, 2.75) is 6.54 Å². The molecule has 0 aliphatic carbocycles. The van der Waals surface area contributed by atoms with E-state index in [1.165, 1.54) is 11.3 Å². The molecule has 0 amide bonds. The minimum Gasteiger partial charge on any atom is -0.399 e. The molecular formula is C17H21Cl2N3. The molecule has 22 heavy (non-hydrogen) atoms. The van der Waals surface area contributed by atoms with Crippen LogP contribution in [0.1, 0.15) is 5.56 Å². The predicted molar refractivity (Wildman–Crippen MR) is 97.0 cm³/mol. The third-order valence-corrected chi connectivity index (χ3v) is 4.14. The second-order valence-corrected chi connectivity index (χ2v) is 5.92. The van der Waals surface area contributed by atoms with Crippen molar-refractivity contribution in [1.82, 2.24) is 4.90 Å². The first-order valence-electron chi connectivity index (χ1n) is 7.28. The van der Waals surface area contributed by atoms with Gasteiger partial charge in [0.15, 0.2) is 0 Å². The number of anilines is 2. The first kappa shape index (κ1) is 16.9. The first-order valence-corrected chi connectivity index (χ1v) is 7.66. The fraction of sp³-hybridized carbons (Fsp3) is 0.294. The molecule has 0 atom stereocenters. The van der Waals surface area contributed by atoms with Crippen molar-refractivity contribution in [2.75, 3.05) is 36.8 Å². The molecule has 2 N–H and O–H groups in total. The van der Waals surface area contributed by atoms with Crippen LogP contribution in [0.5, 0.6) is 0 Å². The molecule has 1 aliphatic rings. The maximum absolute atomic E-state index is 6.07. The van der Waals surface area contributed by atoms with Crippen LogP contribution < -0.4 is 10.6 Å². The Balaban J connectivity index is 0.00000176. The first-order chi connectivity index (χ1) is 10.2. The standard InChI is InChI=1S/C17H20ClN3.ClH/c18-15-4-2-6-17(12-15)21-9-7-20(8-10-21)13-14-3-1-5-16(19)11-14;/h1-6,11-12H,7-10,13,19H2;1H. The molecule has 0 spiro atoms. The van der Waals surface area contributed by atoms with Gasteiger partial charge in [-0.05, 0) is 35.9 Å². The molecule has 5 heteroatoms. The van der Waals surface area contributed by atoms with Crippen LogP contribution in [0.25, 0.3) is 0 Å². The zero-order valence-corrected chi connectivity index (χ0v) is 14.0. The van der Waals surface area contributed by atoms with Gasteiger partial charge in [-0.3, -0.25) is 4.90 Å². The SMILES string of the molecule is Cl.Nc1cccc(CN2CCN(c3cccc(Cl)c3)CC2)c1. The second-order valence-electron chi connectivity index (χ2n) is 5.49. The summed E-state index contributed by atoms with van der Waals surface area (Å²) in [5.74, 6) is 0. The Hall–Kier alpha value is -1.42. The van der Waals surface area contributed by atoms with E-state index in [0.717, 1.165) is 43.4 Å². The molecule has 0 aromatic heterocycles. The monoisotopic (exact) mass is 337 g/mol. The third kappa shape index (κ3) is 4.29. The molecule has 0 radical (unpaired) electrons. The number of hydrogen-bond acceptors (Lipinski definition) is 3. The summed E-state index contributed by atoms with van der Waals surface area (Å²) < 4.78 is 0. The molecule has 3 nitrogen and oxygen atoms in total. The minimum atomic E-state index is 0. The lowest BCUT2D eigenvalue weighted by atomic mass is 10.1. The average molecular weight is 338 g/mol. The van der Waals surface area contributed by atoms with Crippen LogP contribution in [0.2, 0.25) is 5.02 Å². The number of piperazine rings is 1. The lowest BCUT2D eigenvalue weighted by molar-refractivity contribution is 0.250. The Morgan fingerprint density at radius 1 is 0.955 bits per heavy atom. The highest BCUT2D eigenvalue weighted by atomic mass is 35.5. The van der Waals surface area contributed by atoms with Gasteiger partial charge >= 0.3 is 0 Å². The normalized spacial score (nSPS) is 15.4. The van der Waals surface area contributed by atoms with Crippen molar-refractivity contribution in [3.8, 4) is 0 Å². The van der Waals surface area contributed by atoms with Gasteiger partial charge in [-0.15, -0.1) is 12.4 Å². The molecule has 1 fully saturated rings. The third-order valence-electron chi connectivity index (χ3n) is 3.90. The van der Waals surface area contributed by atoms with Crippen LogP contribution in [-0.2, 0) is 6.54 Å². The Morgan fingerprint density at radius 2 is 1.68 bits per heavy atom. The zero-order chi connectivity index (χ0) is 14.7. The number of benzene rings is 2. The van der Waals surface area contributed by atoms with Gasteiger partial charge in [0.25, 0.3) is 0 Å². The van der Waals surface area contributed by atoms with E-state index < -0.39 is 0 Å². The maximum atomic E-state index is 6.07. The van der Waals surface area contributed by atoms with Crippen LogP contribution in [0.3, 0.4) is 0 Å². The summed E-state index contributed by atoms with van der Waals surface area (Å²) in [6.45, 7) is 5.14. The fourth-order valence-electron chi connectivity index (χ4n) is 2.79. The number of hydrogen-bond donors (Lipinski definition) is 1. The van der Waals surface area contributed by atoms with Gasteiger partial charge < -0.3 is 10.6 Å². The van der Waals surface area contributed by atoms with E-state index in [2.05, 4.69) is 28.0 Å². The van der Waals surface area contributed by atoms with Gasteiger partial charge in [0.2, 0.25) is 0 Å². The molecule has 0 unspecified atom stereocenters. The largest absolute Gasteiger partial charge is 0.399 e. The Kier molecular flexibility index (Phi) is 5.95. The van der Waals surface area contributed by atoms with Gasteiger partial charge in [-0.1, -0.05) is 29.8 Å². The van der Waals surface area contributed by atoms with Gasteiger partial charge in [0.1, 0.15) is 0 Å². The van der Waals surface area contributed by atoms with E-state index in [9.17, 15) is 0 Å². The summed E-state index contributed by atoms with van der Waals surface area (Å²) in [7, 11) is 0. The summed E-state index contributed by atoms with van der Waals surface area (Å²) >= 11 is 6.07. The smallest absolute Gasteiger partial charge is 0.0426 e. The van der Waals surface area contributed by atoms with Crippen molar-refractivity contribution in [3.05, 3.63) is 59.1 Å².